The predicted octanol–water partition coefficient (Wildman–Crippen LogP) is 4.08. The van der Waals surface area contributed by atoms with Gasteiger partial charge in [0.05, 0.1) is 27.2 Å². The van der Waals surface area contributed by atoms with Gasteiger partial charge in [0.2, 0.25) is 5.91 Å². The Morgan fingerprint density at radius 2 is 1.79 bits per heavy atom. The highest BCUT2D eigenvalue weighted by molar-refractivity contribution is 7.90. The summed E-state index contributed by atoms with van der Waals surface area (Å²) < 4.78 is 24.1. The van der Waals surface area contributed by atoms with E-state index in [1.165, 1.54) is 41.1 Å². The molecule has 0 unspecified atom stereocenters. The molecule has 2 aromatic heterocycles. The van der Waals surface area contributed by atoms with Crippen molar-refractivity contribution >= 4 is 64.6 Å². The number of fused-ring (bicyclic) bond motifs is 1. The van der Waals surface area contributed by atoms with Gasteiger partial charge in [0.1, 0.15) is 0 Å². The Balaban J connectivity index is 1.37. The van der Waals surface area contributed by atoms with Crippen LogP contribution in [0.25, 0.3) is 10.2 Å². The fraction of sp³-hybridized carbons (Fsp3) is 0.105. The third-order valence-electron chi connectivity index (χ3n) is 3.97. The summed E-state index contributed by atoms with van der Waals surface area (Å²) in [6.07, 6.45) is 1.31. The third-order valence-corrected chi connectivity index (χ3v) is 6.85. The van der Waals surface area contributed by atoms with E-state index in [0.29, 0.717) is 16.0 Å². The average Bonchev–Trinajstić information content (AvgIpc) is 3.27. The number of nitrogens with zero attached hydrogens (tertiary/aromatic N) is 2. The van der Waals surface area contributed by atoms with Gasteiger partial charge in [-0.05, 0) is 36.4 Å². The van der Waals surface area contributed by atoms with E-state index in [1.807, 2.05) is 29.6 Å². The van der Waals surface area contributed by atoms with E-state index in [-0.39, 0.29) is 17.2 Å². The van der Waals surface area contributed by atoms with Crippen LogP contribution in [0.1, 0.15) is 5.69 Å². The van der Waals surface area contributed by atoms with Gasteiger partial charge in [0, 0.05) is 17.3 Å². The van der Waals surface area contributed by atoms with Crippen molar-refractivity contribution in [2.75, 3.05) is 16.9 Å². The van der Waals surface area contributed by atoms with Gasteiger partial charge in [-0.1, -0.05) is 23.5 Å². The molecule has 0 saturated heterocycles. The molecule has 0 aliphatic rings. The number of sulfone groups is 1. The van der Waals surface area contributed by atoms with Crippen molar-refractivity contribution in [3.05, 3.63) is 59.6 Å². The number of carbonyl (C=O) groups is 1. The van der Waals surface area contributed by atoms with Gasteiger partial charge in [0.25, 0.3) is 0 Å². The molecule has 4 rings (SSSR count). The summed E-state index contributed by atoms with van der Waals surface area (Å²) in [5.74, 6) is -0.182. The molecule has 0 spiro atoms. The van der Waals surface area contributed by atoms with Crippen molar-refractivity contribution in [1.82, 2.24) is 9.97 Å². The number of hydrogen-bond acceptors (Lipinski definition) is 8. The van der Waals surface area contributed by atoms with Crippen LogP contribution in [0.4, 0.5) is 16.0 Å². The average molecular weight is 445 g/mol. The number of anilines is 3. The zero-order valence-electron chi connectivity index (χ0n) is 15.2. The predicted molar refractivity (Wildman–Crippen MR) is 117 cm³/mol. The molecule has 0 radical (unpaired) electrons. The molecule has 10 heteroatoms. The van der Waals surface area contributed by atoms with Gasteiger partial charge in [-0.25, -0.2) is 18.4 Å². The standard InChI is InChI=1S/C19H16N4O3S3/c1-29(25,26)14-8-6-12(7-9-14)20-18-21-13(11-27-18)10-17(24)23-19-22-15-4-2-3-5-16(15)28-19/h2-9,11H,10H2,1H3,(H,20,21)(H,22,23,24). The largest absolute Gasteiger partial charge is 0.332 e. The molecule has 0 bridgehead atoms. The first-order valence-corrected chi connectivity index (χ1v) is 12.1. The molecule has 4 aromatic rings. The van der Waals surface area contributed by atoms with Crippen LogP contribution in [0.3, 0.4) is 0 Å². The summed E-state index contributed by atoms with van der Waals surface area (Å²) in [5.41, 5.74) is 2.22. The van der Waals surface area contributed by atoms with E-state index in [4.69, 9.17) is 0 Å². The summed E-state index contributed by atoms with van der Waals surface area (Å²) in [5, 5.41) is 8.93. The van der Waals surface area contributed by atoms with Crippen LogP contribution in [-0.2, 0) is 21.1 Å². The van der Waals surface area contributed by atoms with E-state index in [9.17, 15) is 13.2 Å². The first-order chi connectivity index (χ1) is 13.9. The molecule has 148 valence electrons. The van der Waals surface area contributed by atoms with Crippen molar-refractivity contribution in [3.63, 3.8) is 0 Å². The number of hydrogen-bond donors (Lipinski definition) is 2. The van der Waals surface area contributed by atoms with Gasteiger partial charge in [0.15, 0.2) is 20.1 Å². The smallest absolute Gasteiger partial charge is 0.232 e. The second-order valence-corrected chi connectivity index (χ2v) is 10.2. The van der Waals surface area contributed by atoms with E-state index in [0.717, 1.165) is 15.9 Å². The molecule has 0 aliphatic heterocycles. The molecule has 29 heavy (non-hydrogen) atoms. The molecule has 0 atom stereocenters. The van der Waals surface area contributed by atoms with Crippen LogP contribution < -0.4 is 10.6 Å². The van der Waals surface area contributed by atoms with E-state index >= 15 is 0 Å². The lowest BCUT2D eigenvalue weighted by atomic mass is 10.3. The summed E-state index contributed by atoms with van der Waals surface area (Å²) >= 11 is 2.80. The van der Waals surface area contributed by atoms with Crippen LogP contribution in [-0.4, -0.2) is 30.5 Å². The minimum Gasteiger partial charge on any atom is -0.332 e. The Morgan fingerprint density at radius 1 is 1.03 bits per heavy atom. The van der Waals surface area contributed by atoms with E-state index < -0.39 is 9.84 Å². The maximum absolute atomic E-state index is 12.3. The second kappa shape index (κ2) is 7.90. The van der Waals surface area contributed by atoms with Gasteiger partial charge < -0.3 is 10.6 Å². The molecule has 0 fully saturated rings. The molecular weight excluding hydrogens is 428 g/mol. The number of carbonyl (C=O) groups excluding carboxylic acids is 1. The van der Waals surface area contributed by atoms with Crippen molar-refractivity contribution in [3.8, 4) is 0 Å². The van der Waals surface area contributed by atoms with Crippen molar-refractivity contribution in [2.45, 2.75) is 11.3 Å². The van der Waals surface area contributed by atoms with Gasteiger partial charge in [-0.15, -0.1) is 11.3 Å². The van der Waals surface area contributed by atoms with Crippen LogP contribution in [0, 0.1) is 0 Å². The van der Waals surface area contributed by atoms with Crippen LogP contribution >= 0.6 is 22.7 Å². The molecule has 1 amide bonds. The minimum absolute atomic E-state index is 0.140. The lowest BCUT2D eigenvalue weighted by Gasteiger charge is -2.04. The molecule has 0 saturated carbocycles. The molecule has 2 N–H and O–H groups in total. The minimum atomic E-state index is -3.23. The monoisotopic (exact) mass is 444 g/mol. The number of thiazole rings is 2. The number of aromatic nitrogens is 2. The Bertz CT molecular complexity index is 1240. The SMILES string of the molecule is CS(=O)(=O)c1ccc(Nc2nc(CC(=O)Nc3nc4ccccc4s3)cs2)cc1. The first-order valence-electron chi connectivity index (χ1n) is 8.54. The Labute approximate surface area is 175 Å². The number of nitrogens with one attached hydrogen (secondary N) is 2. The highest BCUT2D eigenvalue weighted by Crippen LogP contribution is 2.26. The Hall–Kier alpha value is -2.82. The summed E-state index contributed by atoms with van der Waals surface area (Å²) in [6, 6.07) is 14.1. The van der Waals surface area contributed by atoms with Crippen LogP contribution in [0.2, 0.25) is 0 Å². The van der Waals surface area contributed by atoms with Gasteiger partial charge >= 0.3 is 0 Å². The zero-order valence-corrected chi connectivity index (χ0v) is 17.7. The van der Waals surface area contributed by atoms with Crippen molar-refractivity contribution in [1.29, 1.82) is 0 Å². The summed E-state index contributed by atoms with van der Waals surface area (Å²) in [7, 11) is -3.23. The molecule has 2 heterocycles. The van der Waals surface area contributed by atoms with Crippen LogP contribution in [0.5, 0.6) is 0 Å². The summed E-state index contributed by atoms with van der Waals surface area (Å²) in [6.45, 7) is 0. The zero-order chi connectivity index (χ0) is 20.4. The lowest BCUT2D eigenvalue weighted by molar-refractivity contribution is -0.115. The fourth-order valence-electron chi connectivity index (χ4n) is 2.61. The van der Waals surface area contributed by atoms with Crippen molar-refractivity contribution in [2.24, 2.45) is 0 Å². The number of benzene rings is 2. The van der Waals surface area contributed by atoms with Crippen LogP contribution in [0.15, 0.2) is 58.8 Å². The van der Waals surface area contributed by atoms with Gasteiger partial charge in [-0.3, -0.25) is 4.79 Å². The number of rotatable bonds is 6. The molecule has 7 nitrogen and oxygen atoms in total. The maximum Gasteiger partial charge on any atom is 0.232 e. The quantitative estimate of drug-likeness (QED) is 0.465. The molecule has 2 aromatic carbocycles. The highest BCUT2D eigenvalue weighted by Gasteiger charge is 2.12. The normalized spacial score (nSPS) is 11.5. The number of amides is 1. The molecule has 0 aliphatic carbocycles. The Kier molecular flexibility index (Phi) is 5.31. The van der Waals surface area contributed by atoms with E-state index in [2.05, 4.69) is 20.6 Å². The third kappa shape index (κ3) is 4.78. The topological polar surface area (TPSA) is 101 Å². The fourth-order valence-corrected chi connectivity index (χ4v) is 4.85. The number of para-hydroxylation sites is 1. The van der Waals surface area contributed by atoms with E-state index in [1.54, 1.807) is 12.1 Å². The molecular formula is C19H16N4O3S3. The first kappa shape index (κ1) is 19.5. The second-order valence-electron chi connectivity index (χ2n) is 6.28. The Morgan fingerprint density at radius 3 is 2.52 bits per heavy atom. The lowest BCUT2D eigenvalue weighted by Crippen LogP contribution is -2.14. The van der Waals surface area contributed by atoms with Crippen molar-refractivity contribution < 1.29 is 13.2 Å². The van der Waals surface area contributed by atoms with Gasteiger partial charge in [-0.2, -0.15) is 0 Å². The summed E-state index contributed by atoms with van der Waals surface area (Å²) in [4.78, 5) is 21.4. The maximum atomic E-state index is 12.3. The highest BCUT2D eigenvalue weighted by atomic mass is 32.2.